The van der Waals surface area contributed by atoms with Crippen LogP contribution in [0.1, 0.15) is 25.7 Å². The Hall–Kier alpha value is -2.35. The number of hydrogen-bond donors (Lipinski definition) is 4. The van der Waals surface area contributed by atoms with E-state index < -0.39 is 0 Å². The highest BCUT2D eigenvalue weighted by Gasteiger charge is 2.15. The molecule has 1 fully saturated rings. The molecule has 3 rings (SSSR count). The van der Waals surface area contributed by atoms with Gasteiger partial charge in [0.1, 0.15) is 0 Å². The number of amides is 3. The molecule has 0 unspecified atom stereocenters. The molecule has 1 heterocycles. The Bertz CT molecular complexity index is 792. The molecule has 0 bridgehead atoms. The van der Waals surface area contributed by atoms with Gasteiger partial charge in [-0.2, -0.15) is 0 Å². The largest absolute Gasteiger partial charge is 0.429 e. The van der Waals surface area contributed by atoms with Crippen LogP contribution in [0.4, 0.5) is 10.5 Å². The lowest BCUT2D eigenvalue weighted by atomic mass is 10.1. The Balaban J connectivity index is 1.44. The summed E-state index contributed by atoms with van der Waals surface area (Å²) in [5, 5.41) is 8.08. The van der Waals surface area contributed by atoms with Crippen LogP contribution in [0.25, 0.3) is 11.1 Å². The van der Waals surface area contributed by atoms with E-state index in [1.807, 2.05) is 0 Å². The smallest absolute Gasteiger partial charge is 0.315 e. The minimum atomic E-state index is -0.316. The summed E-state index contributed by atoms with van der Waals surface area (Å²) in [5.74, 6) is 0.259. The Morgan fingerprint density at radius 1 is 1.25 bits per heavy atom. The quantitative estimate of drug-likeness (QED) is 0.624. The molecular formula is C16H20N4O3S. The predicted octanol–water partition coefficient (Wildman–Crippen LogP) is 2.92. The van der Waals surface area contributed by atoms with Gasteiger partial charge in [0.05, 0.1) is 12.1 Å². The average molecular weight is 348 g/mol. The van der Waals surface area contributed by atoms with Gasteiger partial charge in [0, 0.05) is 18.3 Å². The van der Waals surface area contributed by atoms with Crippen molar-refractivity contribution in [3.63, 3.8) is 0 Å². The molecule has 1 aromatic carbocycles. The van der Waals surface area contributed by atoms with E-state index in [1.165, 1.54) is 25.7 Å². The lowest BCUT2D eigenvalue weighted by Gasteiger charge is -2.11. The number of hydrogen-bond acceptors (Lipinski definition) is 4. The predicted molar refractivity (Wildman–Crippen MR) is 93.4 cm³/mol. The molecule has 0 saturated heterocycles. The number of aromatic amines is 1. The van der Waals surface area contributed by atoms with Crippen LogP contribution >= 0.6 is 12.2 Å². The highest BCUT2D eigenvalue weighted by molar-refractivity contribution is 7.71. The molecule has 1 saturated carbocycles. The Labute approximate surface area is 144 Å². The highest BCUT2D eigenvalue weighted by Crippen LogP contribution is 2.23. The number of rotatable bonds is 5. The van der Waals surface area contributed by atoms with E-state index in [9.17, 15) is 9.59 Å². The van der Waals surface area contributed by atoms with Crippen molar-refractivity contribution in [2.75, 3.05) is 18.4 Å². The normalized spacial score (nSPS) is 14.7. The third kappa shape index (κ3) is 4.35. The molecule has 4 N–H and O–H groups in total. The lowest BCUT2D eigenvalue weighted by Crippen LogP contribution is -2.41. The van der Waals surface area contributed by atoms with Gasteiger partial charge < -0.3 is 25.4 Å². The molecule has 7 nitrogen and oxygen atoms in total. The Morgan fingerprint density at radius 2 is 2.04 bits per heavy atom. The first-order valence-electron chi connectivity index (χ1n) is 8.04. The second kappa shape index (κ2) is 7.48. The first kappa shape index (κ1) is 16.5. The summed E-state index contributed by atoms with van der Waals surface area (Å²) >= 11 is 4.91. The summed E-state index contributed by atoms with van der Waals surface area (Å²) in [6, 6.07) is 4.87. The molecule has 1 aliphatic rings. The second-order valence-corrected chi connectivity index (χ2v) is 6.36. The van der Waals surface area contributed by atoms with Gasteiger partial charge in [0.2, 0.25) is 5.91 Å². The molecular weight excluding hydrogens is 328 g/mol. The van der Waals surface area contributed by atoms with Crippen molar-refractivity contribution in [2.24, 2.45) is 5.92 Å². The van der Waals surface area contributed by atoms with Crippen molar-refractivity contribution in [1.29, 1.82) is 0 Å². The number of fused-ring (bicyclic) bond motifs is 1. The summed E-state index contributed by atoms with van der Waals surface area (Å²) in [6.45, 7) is 0.577. The van der Waals surface area contributed by atoms with Crippen LogP contribution in [-0.4, -0.2) is 30.0 Å². The van der Waals surface area contributed by atoms with Gasteiger partial charge in [-0.25, -0.2) is 4.79 Å². The highest BCUT2D eigenvalue weighted by atomic mass is 32.1. The number of H-pyrrole nitrogens is 1. The molecule has 0 atom stereocenters. The van der Waals surface area contributed by atoms with Crippen LogP contribution in [-0.2, 0) is 4.79 Å². The summed E-state index contributed by atoms with van der Waals surface area (Å²) in [6.07, 6.45) is 4.81. The van der Waals surface area contributed by atoms with Gasteiger partial charge in [0.25, 0.3) is 4.84 Å². The summed E-state index contributed by atoms with van der Waals surface area (Å²) < 4.78 is 5.30. The monoisotopic (exact) mass is 348 g/mol. The minimum absolute atomic E-state index is 0.0922. The standard InChI is InChI=1S/C16H20N4O3S/c21-14(9-18-15(22)17-8-10-3-1-2-4-10)19-11-5-6-12-13(7-11)23-16(24)20-12/h5-7,10H,1-4,8-9H2,(H,19,21)(H,20,24)(H2,17,18,22). The molecule has 1 aromatic heterocycles. The first-order valence-corrected chi connectivity index (χ1v) is 8.45. The molecule has 8 heteroatoms. The van der Waals surface area contributed by atoms with Crippen molar-refractivity contribution in [3.05, 3.63) is 23.0 Å². The van der Waals surface area contributed by atoms with E-state index in [2.05, 4.69) is 20.9 Å². The fourth-order valence-corrected chi connectivity index (χ4v) is 3.10. The van der Waals surface area contributed by atoms with Crippen LogP contribution < -0.4 is 16.0 Å². The number of oxazole rings is 1. The number of carbonyl (C=O) groups excluding carboxylic acids is 2. The molecule has 0 aliphatic heterocycles. The Kier molecular flexibility index (Phi) is 5.14. The second-order valence-electron chi connectivity index (χ2n) is 5.99. The number of benzene rings is 1. The maximum absolute atomic E-state index is 11.9. The zero-order chi connectivity index (χ0) is 16.9. The lowest BCUT2D eigenvalue weighted by molar-refractivity contribution is -0.115. The van der Waals surface area contributed by atoms with Gasteiger partial charge in [-0.05, 0) is 43.1 Å². The molecule has 0 radical (unpaired) electrons. The molecule has 1 aliphatic carbocycles. The van der Waals surface area contributed by atoms with E-state index in [0.29, 0.717) is 23.7 Å². The van der Waals surface area contributed by atoms with Crippen molar-refractivity contribution < 1.29 is 14.0 Å². The summed E-state index contributed by atoms with van der Waals surface area (Å²) in [4.78, 5) is 26.8. The fraction of sp³-hybridized carbons (Fsp3) is 0.438. The van der Waals surface area contributed by atoms with Gasteiger partial charge in [-0.3, -0.25) is 4.79 Å². The summed E-state index contributed by atoms with van der Waals surface area (Å²) in [5.41, 5.74) is 1.92. The zero-order valence-corrected chi connectivity index (χ0v) is 14.0. The van der Waals surface area contributed by atoms with Crippen LogP contribution in [0, 0.1) is 10.8 Å². The van der Waals surface area contributed by atoms with Gasteiger partial charge in [-0.1, -0.05) is 12.8 Å². The molecule has 3 amide bonds. The van der Waals surface area contributed by atoms with Crippen molar-refractivity contribution in [1.82, 2.24) is 15.6 Å². The number of urea groups is 1. The third-order valence-corrected chi connectivity index (χ3v) is 4.33. The van der Waals surface area contributed by atoms with Crippen LogP contribution in [0.5, 0.6) is 0 Å². The number of carbonyl (C=O) groups is 2. The Morgan fingerprint density at radius 3 is 2.83 bits per heavy atom. The minimum Gasteiger partial charge on any atom is -0.429 e. The van der Waals surface area contributed by atoms with Gasteiger partial charge in [0.15, 0.2) is 5.58 Å². The van der Waals surface area contributed by atoms with Crippen LogP contribution in [0.2, 0.25) is 0 Å². The van der Waals surface area contributed by atoms with Gasteiger partial charge in [-0.15, -0.1) is 0 Å². The van der Waals surface area contributed by atoms with Crippen molar-refractivity contribution >= 4 is 40.9 Å². The van der Waals surface area contributed by atoms with E-state index in [0.717, 1.165) is 5.52 Å². The van der Waals surface area contributed by atoms with Gasteiger partial charge >= 0.3 is 6.03 Å². The molecule has 0 spiro atoms. The van der Waals surface area contributed by atoms with Crippen LogP contribution in [0.15, 0.2) is 22.6 Å². The third-order valence-electron chi connectivity index (χ3n) is 4.14. The molecule has 2 aromatic rings. The average Bonchev–Trinajstić information content (AvgIpc) is 3.18. The zero-order valence-electron chi connectivity index (χ0n) is 13.2. The van der Waals surface area contributed by atoms with E-state index >= 15 is 0 Å². The number of anilines is 1. The molecule has 24 heavy (non-hydrogen) atoms. The SMILES string of the molecule is O=C(CNC(=O)NCC1CCCC1)Nc1ccc2[nH]c(=S)oc2c1. The van der Waals surface area contributed by atoms with Crippen molar-refractivity contribution in [2.45, 2.75) is 25.7 Å². The van der Waals surface area contributed by atoms with Crippen molar-refractivity contribution in [3.8, 4) is 0 Å². The number of nitrogens with one attached hydrogen (secondary N) is 4. The van der Waals surface area contributed by atoms with Crippen LogP contribution in [0.3, 0.4) is 0 Å². The fourth-order valence-electron chi connectivity index (χ4n) is 2.90. The molecule has 128 valence electrons. The topological polar surface area (TPSA) is 99.2 Å². The number of aromatic nitrogens is 1. The summed E-state index contributed by atoms with van der Waals surface area (Å²) in [7, 11) is 0. The maximum Gasteiger partial charge on any atom is 0.315 e. The van der Waals surface area contributed by atoms with E-state index in [-0.39, 0.29) is 23.3 Å². The maximum atomic E-state index is 11.9. The van der Waals surface area contributed by atoms with E-state index in [4.69, 9.17) is 16.6 Å². The first-order chi connectivity index (χ1) is 11.6. The van der Waals surface area contributed by atoms with E-state index in [1.54, 1.807) is 18.2 Å².